The summed E-state index contributed by atoms with van der Waals surface area (Å²) in [7, 11) is 0. The lowest BCUT2D eigenvalue weighted by molar-refractivity contribution is 0.188. The first-order valence-electron chi connectivity index (χ1n) is 5.63. The molecule has 2 aliphatic carbocycles. The SMILES string of the molecule is CCCC12CC1CCN2C1CC1. The molecule has 1 saturated heterocycles. The minimum absolute atomic E-state index is 0.746. The van der Waals surface area contributed by atoms with Crippen LogP contribution in [0.25, 0.3) is 0 Å². The van der Waals surface area contributed by atoms with Crippen molar-refractivity contribution in [1.82, 2.24) is 4.90 Å². The van der Waals surface area contributed by atoms with E-state index in [-0.39, 0.29) is 0 Å². The Hall–Kier alpha value is -0.0400. The van der Waals surface area contributed by atoms with E-state index in [0.717, 1.165) is 17.5 Å². The zero-order chi connectivity index (χ0) is 8.18. The second kappa shape index (κ2) is 2.25. The minimum Gasteiger partial charge on any atom is -0.294 e. The number of fused-ring (bicyclic) bond motifs is 1. The second-order valence-corrected chi connectivity index (χ2v) is 4.97. The van der Waals surface area contributed by atoms with Gasteiger partial charge in [-0.15, -0.1) is 0 Å². The third-order valence-corrected chi connectivity index (χ3v) is 4.16. The first-order chi connectivity index (χ1) is 5.87. The molecular weight excluding hydrogens is 146 g/mol. The molecule has 3 fully saturated rings. The Morgan fingerprint density at radius 3 is 2.75 bits per heavy atom. The summed E-state index contributed by atoms with van der Waals surface area (Å²) >= 11 is 0. The van der Waals surface area contributed by atoms with E-state index in [2.05, 4.69) is 11.8 Å². The number of hydrogen-bond donors (Lipinski definition) is 0. The molecule has 1 heterocycles. The molecule has 0 radical (unpaired) electrons. The summed E-state index contributed by atoms with van der Waals surface area (Å²) in [5.41, 5.74) is 0.746. The van der Waals surface area contributed by atoms with Crippen molar-refractivity contribution in [2.75, 3.05) is 6.54 Å². The van der Waals surface area contributed by atoms with Crippen LogP contribution in [0.3, 0.4) is 0 Å². The van der Waals surface area contributed by atoms with Crippen LogP contribution in [-0.2, 0) is 0 Å². The molecule has 2 saturated carbocycles. The van der Waals surface area contributed by atoms with Gasteiger partial charge in [-0.05, 0) is 44.6 Å². The summed E-state index contributed by atoms with van der Waals surface area (Å²) in [5.74, 6) is 1.11. The van der Waals surface area contributed by atoms with E-state index in [1.807, 2.05) is 0 Å². The van der Waals surface area contributed by atoms with Gasteiger partial charge in [0.25, 0.3) is 0 Å². The molecule has 0 amide bonds. The Balaban J connectivity index is 1.76. The number of rotatable bonds is 3. The Kier molecular flexibility index (Phi) is 1.39. The Labute approximate surface area is 75.1 Å². The fourth-order valence-corrected chi connectivity index (χ4v) is 3.42. The van der Waals surface area contributed by atoms with Gasteiger partial charge in [0.2, 0.25) is 0 Å². The highest BCUT2D eigenvalue weighted by Gasteiger charge is 2.63. The van der Waals surface area contributed by atoms with Gasteiger partial charge >= 0.3 is 0 Å². The Morgan fingerprint density at radius 1 is 1.33 bits per heavy atom. The number of nitrogens with zero attached hydrogens (tertiary/aromatic N) is 1. The van der Waals surface area contributed by atoms with Crippen LogP contribution in [0.5, 0.6) is 0 Å². The molecule has 0 aromatic rings. The zero-order valence-electron chi connectivity index (χ0n) is 8.05. The zero-order valence-corrected chi connectivity index (χ0v) is 8.05. The van der Waals surface area contributed by atoms with Gasteiger partial charge in [-0.3, -0.25) is 4.90 Å². The molecule has 1 nitrogen and oxygen atoms in total. The molecule has 68 valence electrons. The standard InChI is InChI=1S/C11H19N/c1-2-6-11-8-9(11)5-7-12(11)10-3-4-10/h9-10H,2-8H2,1H3. The first kappa shape index (κ1) is 7.37. The molecule has 0 N–H and O–H groups in total. The monoisotopic (exact) mass is 165 g/mol. The number of piperidine rings is 1. The van der Waals surface area contributed by atoms with Crippen LogP contribution in [0, 0.1) is 5.92 Å². The van der Waals surface area contributed by atoms with Gasteiger partial charge in [-0.2, -0.15) is 0 Å². The van der Waals surface area contributed by atoms with Crippen molar-refractivity contribution in [3.63, 3.8) is 0 Å². The lowest BCUT2D eigenvalue weighted by Crippen LogP contribution is -2.36. The van der Waals surface area contributed by atoms with Gasteiger partial charge in [0.05, 0.1) is 0 Å². The molecule has 0 aromatic heterocycles. The quantitative estimate of drug-likeness (QED) is 0.620. The van der Waals surface area contributed by atoms with Crippen LogP contribution in [0.4, 0.5) is 0 Å². The maximum atomic E-state index is 2.86. The van der Waals surface area contributed by atoms with Gasteiger partial charge < -0.3 is 0 Å². The molecule has 1 aliphatic heterocycles. The smallest absolute Gasteiger partial charge is 0.0245 e. The van der Waals surface area contributed by atoms with Crippen molar-refractivity contribution in [1.29, 1.82) is 0 Å². The van der Waals surface area contributed by atoms with Gasteiger partial charge in [0, 0.05) is 11.6 Å². The highest BCUT2D eigenvalue weighted by molar-refractivity contribution is 5.18. The molecule has 2 unspecified atom stereocenters. The Bertz CT molecular complexity index is 197. The van der Waals surface area contributed by atoms with Crippen LogP contribution >= 0.6 is 0 Å². The van der Waals surface area contributed by atoms with E-state index in [1.54, 1.807) is 0 Å². The maximum absolute atomic E-state index is 2.86. The summed E-state index contributed by atoms with van der Waals surface area (Å²) in [6, 6.07) is 1.02. The van der Waals surface area contributed by atoms with Crippen molar-refractivity contribution in [2.24, 2.45) is 5.92 Å². The molecule has 0 spiro atoms. The van der Waals surface area contributed by atoms with Crippen molar-refractivity contribution in [3.8, 4) is 0 Å². The van der Waals surface area contributed by atoms with E-state index >= 15 is 0 Å². The molecular formula is C11H19N. The van der Waals surface area contributed by atoms with Crippen molar-refractivity contribution in [2.45, 2.75) is 57.0 Å². The average Bonchev–Trinajstić information content (AvgIpc) is 2.94. The molecule has 0 aromatic carbocycles. The van der Waals surface area contributed by atoms with E-state index < -0.39 is 0 Å². The summed E-state index contributed by atoms with van der Waals surface area (Å²) in [6.45, 7) is 3.77. The fourth-order valence-electron chi connectivity index (χ4n) is 3.42. The van der Waals surface area contributed by atoms with Crippen molar-refractivity contribution >= 4 is 0 Å². The van der Waals surface area contributed by atoms with Crippen LogP contribution in [0.2, 0.25) is 0 Å². The highest BCUT2D eigenvalue weighted by atomic mass is 15.3. The van der Waals surface area contributed by atoms with Gasteiger partial charge in [0.1, 0.15) is 0 Å². The lowest BCUT2D eigenvalue weighted by Gasteiger charge is -2.27. The fraction of sp³-hybridized carbons (Fsp3) is 1.00. The number of hydrogen-bond acceptors (Lipinski definition) is 1. The summed E-state index contributed by atoms with van der Waals surface area (Å²) in [5, 5.41) is 0. The maximum Gasteiger partial charge on any atom is 0.0245 e. The van der Waals surface area contributed by atoms with Gasteiger partial charge in [-0.1, -0.05) is 13.3 Å². The number of likely N-dealkylation sites (tertiary alicyclic amines) is 1. The van der Waals surface area contributed by atoms with Crippen molar-refractivity contribution < 1.29 is 0 Å². The summed E-state index contributed by atoms with van der Waals surface area (Å²) in [6.07, 6.45) is 8.91. The highest BCUT2D eigenvalue weighted by Crippen LogP contribution is 2.60. The third kappa shape index (κ3) is 0.834. The van der Waals surface area contributed by atoms with E-state index in [0.29, 0.717) is 0 Å². The average molecular weight is 165 g/mol. The normalized spacial score (nSPS) is 46.2. The predicted octanol–water partition coefficient (Wildman–Crippen LogP) is 2.41. The lowest BCUT2D eigenvalue weighted by atomic mass is 10.1. The second-order valence-electron chi connectivity index (χ2n) is 4.97. The first-order valence-corrected chi connectivity index (χ1v) is 5.63. The van der Waals surface area contributed by atoms with E-state index in [1.165, 1.54) is 45.1 Å². The van der Waals surface area contributed by atoms with Crippen molar-refractivity contribution in [3.05, 3.63) is 0 Å². The summed E-state index contributed by atoms with van der Waals surface area (Å²) < 4.78 is 0. The molecule has 3 rings (SSSR count). The van der Waals surface area contributed by atoms with Crippen LogP contribution in [0.1, 0.15) is 45.4 Å². The van der Waals surface area contributed by atoms with Crippen LogP contribution in [-0.4, -0.2) is 23.0 Å². The van der Waals surface area contributed by atoms with Crippen LogP contribution < -0.4 is 0 Å². The third-order valence-electron chi connectivity index (χ3n) is 4.16. The molecule has 3 aliphatic rings. The molecule has 2 atom stereocenters. The Morgan fingerprint density at radius 2 is 2.17 bits per heavy atom. The predicted molar refractivity (Wildman–Crippen MR) is 50.1 cm³/mol. The molecule has 1 heteroatoms. The van der Waals surface area contributed by atoms with E-state index in [4.69, 9.17) is 0 Å². The molecule has 0 bridgehead atoms. The minimum atomic E-state index is 0.746. The summed E-state index contributed by atoms with van der Waals surface area (Å²) in [4.78, 5) is 2.86. The van der Waals surface area contributed by atoms with Crippen LogP contribution in [0.15, 0.2) is 0 Å². The van der Waals surface area contributed by atoms with Gasteiger partial charge in [-0.25, -0.2) is 0 Å². The van der Waals surface area contributed by atoms with E-state index in [9.17, 15) is 0 Å². The largest absolute Gasteiger partial charge is 0.294 e. The van der Waals surface area contributed by atoms with Gasteiger partial charge in [0.15, 0.2) is 0 Å². The molecule has 12 heavy (non-hydrogen) atoms. The topological polar surface area (TPSA) is 3.24 Å².